The summed E-state index contributed by atoms with van der Waals surface area (Å²) < 4.78 is 57.7. The Kier molecular flexibility index (Phi) is 4.26. The van der Waals surface area contributed by atoms with Crippen molar-refractivity contribution in [3.63, 3.8) is 0 Å². The van der Waals surface area contributed by atoms with Crippen LogP contribution in [0.25, 0.3) is 0 Å². The average Bonchev–Trinajstić information content (AvgIpc) is 2.31. The van der Waals surface area contributed by atoms with Gasteiger partial charge in [0.2, 0.25) is 0 Å². The van der Waals surface area contributed by atoms with Crippen molar-refractivity contribution in [1.82, 2.24) is 8.61 Å². The van der Waals surface area contributed by atoms with Crippen LogP contribution in [0.1, 0.15) is 19.8 Å². The molecule has 0 atom stereocenters. The number of halogens is 2. The van der Waals surface area contributed by atoms with Crippen LogP contribution in [-0.2, 0) is 19.7 Å². The third-order valence-corrected chi connectivity index (χ3v) is 5.71. The lowest BCUT2D eigenvalue weighted by atomic mass is 9.97. The molecule has 10 heteroatoms. The molecule has 7 nitrogen and oxygen atoms in total. The summed E-state index contributed by atoms with van der Waals surface area (Å²) in [4.78, 5) is 11.2. The highest BCUT2D eigenvalue weighted by Gasteiger charge is 2.56. The Labute approximate surface area is 121 Å². The number of alkyl halides is 2. The van der Waals surface area contributed by atoms with Crippen molar-refractivity contribution in [3.8, 4) is 0 Å². The minimum Gasteiger partial charge on any atom is -0.479 e. The van der Waals surface area contributed by atoms with Gasteiger partial charge in [0.05, 0.1) is 13.1 Å². The third kappa shape index (κ3) is 3.03. The van der Waals surface area contributed by atoms with Crippen molar-refractivity contribution >= 4 is 16.2 Å². The van der Waals surface area contributed by atoms with E-state index in [4.69, 9.17) is 9.84 Å². The van der Waals surface area contributed by atoms with Gasteiger partial charge in [-0.3, -0.25) is 0 Å². The van der Waals surface area contributed by atoms with Crippen LogP contribution in [0.15, 0.2) is 0 Å². The third-order valence-electron chi connectivity index (χ3n) is 3.78. The molecule has 0 bridgehead atoms. The average molecular weight is 328 g/mol. The number of rotatable bonds is 5. The molecular formula is C11H18F2N2O5S. The van der Waals surface area contributed by atoms with Crippen LogP contribution in [0, 0.1) is 0 Å². The Hall–Kier alpha value is -0.840. The zero-order chi connectivity index (χ0) is 15.9. The van der Waals surface area contributed by atoms with Gasteiger partial charge in [0.25, 0.3) is 16.1 Å². The lowest BCUT2D eigenvalue weighted by molar-refractivity contribution is -0.181. The van der Waals surface area contributed by atoms with E-state index in [1.165, 1.54) is 0 Å². The summed E-state index contributed by atoms with van der Waals surface area (Å²) in [7, 11) is -3.91. The summed E-state index contributed by atoms with van der Waals surface area (Å²) >= 11 is 0. The summed E-state index contributed by atoms with van der Waals surface area (Å²) in [5.41, 5.74) is -1.53. The van der Waals surface area contributed by atoms with Gasteiger partial charge in [0.1, 0.15) is 0 Å². The van der Waals surface area contributed by atoms with Crippen molar-refractivity contribution in [2.24, 2.45) is 0 Å². The number of carboxylic acid groups (broad SMARTS) is 1. The molecule has 0 aromatic carbocycles. The number of nitrogens with zero attached hydrogens (tertiary/aromatic N) is 2. The fraction of sp³-hybridized carbons (Fsp3) is 0.909. The van der Waals surface area contributed by atoms with Crippen molar-refractivity contribution in [1.29, 1.82) is 0 Å². The number of hydrogen-bond acceptors (Lipinski definition) is 4. The molecule has 2 fully saturated rings. The fourth-order valence-corrected chi connectivity index (χ4v) is 4.17. The highest BCUT2D eigenvalue weighted by molar-refractivity contribution is 7.86. The first kappa shape index (κ1) is 16.5. The molecule has 122 valence electrons. The maximum Gasteiger partial charge on any atom is 0.338 e. The second kappa shape index (κ2) is 5.41. The second-order valence-corrected chi connectivity index (χ2v) is 7.19. The van der Waals surface area contributed by atoms with E-state index in [9.17, 15) is 22.0 Å². The number of piperidine rings is 1. The Balaban J connectivity index is 2.02. The van der Waals surface area contributed by atoms with Gasteiger partial charge in [-0.2, -0.15) is 17.0 Å². The molecule has 0 spiro atoms. The Morgan fingerprint density at radius 3 is 2.19 bits per heavy atom. The minimum atomic E-state index is -3.91. The molecule has 0 aromatic rings. The smallest absolute Gasteiger partial charge is 0.338 e. The van der Waals surface area contributed by atoms with Crippen LogP contribution >= 0.6 is 0 Å². The predicted octanol–water partition coefficient (Wildman–Crippen LogP) is 0.138. The number of hydrogen-bond donors (Lipinski definition) is 1. The molecule has 0 aromatic heterocycles. The quantitative estimate of drug-likeness (QED) is 0.775. The lowest BCUT2D eigenvalue weighted by Crippen LogP contribution is -2.70. The molecule has 0 unspecified atom stereocenters. The van der Waals surface area contributed by atoms with E-state index in [0.29, 0.717) is 0 Å². The lowest BCUT2D eigenvalue weighted by Gasteiger charge is -2.47. The van der Waals surface area contributed by atoms with E-state index in [2.05, 4.69) is 0 Å². The van der Waals surface area contributed by atoms with Crippen LogP contribution in [-0.4, -0.2) is 72.4 Å². The molecule has 2 aliphatic heterocycles. The molecule has 0 amide bonds. The zero-order valence-electron chi connectivity index (χ0n) is 11.6. The Morgan fingerprint density at radius 1 is 1.24 bits per heavy atom. The van der Waals surface area contributed by atoms with Gasteiger partial charge in [0.15, 0.2) is 5.60 Å². The molecule has 2 rings (SSSR count). The van der Waals surface area contributed by atoms with Gasteiger partial charge < -0.3 is 9.84 Å². The van der Waals surface area contributed by atoms with Crippen LogP contribution in [0.5, 0.6) is 0 Å². The number of ether oxygens (including phenoxy) is 1. The van der Waals surface area contributed by atoms with Crippen molar-refractivity contribution < 1.29 is 31.8 Å². The van der Waals surface area contributed by atoms with E-state index < -0.39 is 40.5 Å². The Bertz CT molecular complexity index is 509. The summed E-state index contributed by atoms with van der Waals surface area (Å²) in [5, 5.41) is 9.12. The minimum absolute atomic E-state index is 0.149. The number of carbonyl (C=O) groups is 1. The highest BCUT2D eigenvalue weighted by Crippen LogP contribution is 2.33. The van der Waals surface area contributed by atoms with Gasteiger partial charge in [-0.1, -0.05) is 0 Å². The van der Waals surface area contributed by atoms with Gasteiger partial charge in [-0.05, 0) is 6.92 Å². The van der Waals surface area contributed by atoms with Crippen molar-refractivity contribution in [3.05, 3.63) is 0 Å². The van der Waals surface area contributed by atoms with E-state index >= 15 is 0 Å². The van der Waals surface area contributed by atoms with Gasteiger partial charge in [0, 0.05) is 32.5 Å². The molecule has 2 aliphatic rings. The molecular weight excluding hydrogens is 310 g/mol. The molecule has 21 heavy (non-hydrogen) atoms. The van der Waals surface area contributed by atoms with Crippen LogP contribution in [0.2, 0.25) is 0 Å². The standard InChI is InChI=1S/C11H18F2N2O5S/c1-2-20-10(9(16)17)7-15(8-10)21(18,19)14-5-3-11(12,13)4-6-14/h2-8H2,1H3,(H,16,17). The summed E-state index contributed by atoms with van der Waals surface area (Å²) in [6.07, 6.45) is -1.04. The van der Waals surface area contributed by atoms with Crippen LogP contribution in [0.4, 0.5) is 8.78 Å². The first-order valence-corrected chi connectivity index (χ1v) is 8.03. The topological polar surface area (TPSA) is 87.1 Å². The molecule has 0 aliphatic carbocycles. The number of aliphatic carboxylic acids is 1. The monoisotopic (exact) mass is 328 g/mol. The SMILES string of the molecule is CCOC1(C(=O)O)CN(S(=O)(=O)N2CCC(F)(F)CC2)C1. The van der Waals surface area contributed by atoms with Gasteiger partial charge >= 0.3 is 5.97 Å². The van der Waals surface area contributed by atoms with E-state index in [1.807, 2.05) is 0 Å². The summed E-state index contributed by atoms with van der Waals surface area (Å²) in [6.45, 7) is 0.641. The second-order valence-electron chi connectivity index (χ2n) is 5.26. The maximum absolute atomic E-state index is 13.1. The van der Waals surface area contributed by atoms with E-state index in [0.717, 1.165) is 8.61 Å². The fourth-order valence-electron chi connectivity index (χ4n) is 2.46. The van der Waals surface area contributed by atoms with Crippen molar-refractivity contribution in [2.45, 2.75) is 31.3 Å². The maximum atomic E-state index is 13.1. The van der Waals surface area contributed by atoms with E-state index in [1.54, 1.807) is 6.92 Å². The highest BCUT2D eigenvalue weighted by atomic mass is 32.2. The molecule has 2 saturated heterocycles. The molecule has 0 saturated carbocycles. The zero-order valence-corrected chi connectivity index (χ0v) is 12.4. The first-order chi connectivity index (χ1) is 9.63. The van der Waals surface area contributed by atoms with Gasteiger partial charge in [-0.25, -0.2) is 13.6 Å². The number of carboxylic acids is 1. The summed E-state index contributed by atoms with van der Waals surface area (Å²) in [5.74, 6) is -4.06. The molecule has 0 radical (unpaired) electrons. The Morgan fingerprint density at radius 2 is 1.76 bits per heavy atom. The largest absolute Gasteiger partial charge is 0.479 e. The summed E-state index contributed by atoms with van der Waals surface area (Å²) in [6, 6.07) is 0. The van der Waals surface area contributed by atoms with Crippen LogP contribution in [0.3, 0.4) is 0 Å². The predicted molar refractivity (Wildman–Crippen MR) is 68.2 cm³/mol. The van der Waals surface area contributed by atoms with Crippen LogP contribution < -0.4 is 0 Å². The normalized spacial score (nSPS) is 26.2. The van der Waals surface area contributed by atoms with Crippen molar-refractivity contribution in [2.75, 3.05) is 32.8 Å². The van der Waals surface area contributed by atoms with Gasteiger partial charge in [-0.15, -0.1) is 0 Å². The van der Waals surface area contributed by atoms with E-state index in [-0.39, 0.29) is 32.8 Å². The molecule has 2 heterocycles. The molecule has 1 N–H and O–H groups in total. The first-order valence-electron chi connectivity index (χ1n) is 6.63.